The molecular weight excluding hydrogens is 323 g/mol. The summed E-state index contributed by atoms with van der Waals surface area (Å²) in [5.74, 6) is 6.18. The van der Waals surface area contributed by atoms with E-state index in [1.54, 1.807) is 12.1 Å². The molecule has 0 amide bonds. The fraction of sp³-hybridized carbons (Fsp3) is 0.200. The highest BCUT2D eigenvalue weighted by Crippen LogP contribution is 2.38. The summed E-state index contributed by atoms with van der Waals surface area (Å²) in [6.07, 6.45) is 0.874. The summed E-state index contributed by atoms with van der Waals surface area (Å²) in [5.41, 5.74) is 5.17. The average molecular weight is 337 g/mol. The number of rotatable bonds is 3. The molecule has 2 aromatic carbocycles. The first kappa shape index (κ1) is 13.5. The van der Waals surface area contributed by atoms with Crippen LogP contribution in [0.5, 0.6) is 5.75 Å². The maximum atomic E-state index is 14.2. The van der Waals surface area contributed by atoms with Crippen molar-refractivity contribution >= 4 is 15.9 Å². The molecule has 0 radical (unpaired) electrons. The lowest BCUT2D eigenvalue weighted by molar-refractivity contribution is 0.350. The molecule has 1 atom stereocenters. The minimum absolute atomic E-state index is 0.307. The van der Waals surface area contributed by atoms with Crippen LogP contribution in [0, 0.1) is 5.82 Å². The lowest BCUT2D eigenvalue weighted by atomic mass is 9.96. The molecule has 3 N–H and O–H groups in total. The van der Waals surface area contributed by atoms with Crippen LogP contribution >= 0.6 is 15.9 Å². The molecule has 20 heavy (non-hydrogen) atoms. The monoisotopic (exact) mass is 336 g/mol. The summed E-state index contributed by atoms with van der Waals surface area (Å²) in [6, 6.07) is 10.3. The zero-order chi connectivity index (χ0) is 14.1. The molecule has 1 aliphatic heterocycles. The second-order valence-electron chi connectivity index (χ2n) is 4.67. The van der Waals surface area contributed by atoms with E-state index in [1.165, 1.54) is 6.07 Å². The Hall–Kier alpha value is -1.43. The SMILES string of the molecule is NNC(c1cccc2c1OCC2)c1c(F)cccc1Br. The molecule has 1 unspecified atom stereocenters. The molecule has 3 rings (SSSR count). The number of nitrogens with one attached hydrogen (secondary N) is 1. The standard InChI is InChI=1S/C15H14BrFN2O/c16-11-5-2-6-12(17)13(11)14(19-18)10-4-1-3-9-7-8-20-15(9)10/h1-6,14,19H,7-8,18H2. The third-order valence-corrected chi connectivity index (χ3v) is 4.20. The van der Waals surface area contributed by atoms with E-state index in [9.17, 15) is 4.39 Å². The molecule has 0 aromatic heterocycles. The van der Waals surface area contributed by atoms with Gasteiger partial charge in [-0.3, -0.25) is 5.84 Å². The van der Waals surface area contributed by atoms with Gasteiger partial charge in [-0.1, -0.05) is 40.2 Å². The normalized spacial score (nSPS) is 14.8. The Morgan fingerprint density at radius 2 is 2.05 bits per heavy atom. The van der Waals surface area contributed by atoms with Gasteiger partial charge in [0.1, 0.15) is 11.6 Å². The quantitative estimate of drug-likeness (QED) is 0.668. The molecule has 2 aromatic rings. The molecule has 0 saturated carbocycles. The maximum absolute atomic E-state index is 14.2. The molecule has 3 nitrogen and oxygen atoms in total. The Kier molecular flexibility index (Phi) is 3.74. The van der Waals surface area contributed by atoms with Crippen LogP contribution in [0.15, 0.2) is 40.9 Å². The summed E-state index contributed by atoms with van der Waals surface area (Å²) < 4.78 is 20.5. The lowest BCUT2D eigenvalue weighted by Gasteiger charge is -2.21. The number of hydrogen-bond acceptors (Lipinski definition) is 3. The van der Waals surface area contributed by atoms with Crippen molar-refractivity contribution in [1.29, 1.82) is 0 Å². The van der Waals surface area contributed by atoms with Gasteiger partial charge >= 0.3 is 0 Å². The van der Waals surface area contributed by atoms with E-state index in [0.717, 1.165) is 23.3 Å². The highest BCUT2D eigenvalue weighted by Gasteiger charge is 2.26. The fourth-order valence-electron chi connectivity index (χ4n) is 2.58. The summed E-state index contributed by atoms with van der Waals surface area (Å²) in [5, 5.41) is 0. The van der Waals surface area contributed by atoms with E-state index in [-0.39, 0.29) is 5.82 Å². The molecule has 0 fully saturated rings. The van der Waals surface area contributed by atoms with Gasteiger partial charge in [0.25, 0.3) is 0 Å². The zero-order valence-electron chi connectivity index (χ0n) is 10.7. The number of benzene rings is 2. The van der Waals surface area contributed by atoms with Gasteiger partial charge in [0, 0.05) is 22.0 Å². The van der Waals surface area contributed by atoms with Gasteiger partial charge in [-0.2, -0.15) is 0 Å². The maximum Gasteiger partial charge on any atom is 0.129 e. The second-order valence-corrected chi connectivity index (χ2v) is 5.52. The molecule has 104 valence electrons. The predicted octanol–water partition coefficient (Wildman–Crippen LogP) is 3.08. The Labute approximate surface area is 125 Å². The van der Waals surface area contributed by atoms with Crippen LogP contribution in [0.3, 0.4) is 0 Å². The van der Waals surface area contributed by atoms with E-state index in [4.69, 9.17) is 10.6 Å². The minimum atomic E-state index is -0.460. The van der Waals surface area contributed by atoms with Crippen molar-refractivity contribution in [2.24, 2.45) is 5.84 Å². The van der Waals surface area contributed by atoms with Crippen LogP contribution in [0.1, 0.15) is 22.7 Å². The van der Waals surface area contributed by atoms with Crippen LogP contribution in [0.25, 0.3) is 0 Å². The number of para-hydroxylation sites is 1. The Morgan fingerprint density at radius 1 is 1.25 bits per heavy atom. The predicted molar refractivity (Wildman–Crippen MR) is 78.9 cm³/mol. The van der Waals surface area contributed by atoms with Crippen LogP contribution in [-0.2, 0) is 6.42 Å². The highest BCUT2D eigenvalue weighted by molar-refractivity contribution is 9.10. The molecule has 0 spiro atoms. The number of fused-ring (bicyclic) bond motifs is 1. The third-order valence-electron chi connectivity index (χ3n) is 3.51. The first-order valence-corrected chi connectivity index (χ1v) is 7.16. The van der Waals surface area contributed by atoms with Gasteiger partial charge in [0.15, 0.2) is 0 Å². The average Bonchev–Trinajstić information content (AvgIpc) is 2.91. The van der Waals surface area contributed by atoms with E-state index in [0.29, 0.717) is 16.6 Å². The molecule has 1 heterocycles. The first-order valence-electron chi connectivity index (χ1n) is 6.37. The van der Waals surface area contributed by atoms with Crippen LogP contribution in [-0.4, -0.2) is 6.61 Å². The van der Waals surface area contributed by atoms with Gasteiger partial charge in [0.05, 0.1) is 12.6 Å². The summed E-state index contributed by atoms with van der Waals surface area (Å²) in [7, 11) is 0. The minimum Gasteiger partial charge on any atom is -0.493 e. The van der Waals surface area contributed by atoms with Gasteiger partial charge < -0.3 is 4.74 Å². The van der Waals surface area contributed by atoms with E-state index in [1.807, 2.05) is 18.2 Å². The van der Waals surface area contributed by atoms with Gasteiger partial charge in [-0.25, -0.2) is 9.82 Å². The number of halogens is 2. The smallest absolute Gasteiger partial charge is 0.129 e. The van der Waals surface area contributed by atoms with Crippen molar-refractivity contribution in [3.05, 3.63) is 63.4 Å². The Balaban J connectivity index is 2.14. The van der Waals surface area contributed by atoms with Crippen molar-refractivity contribution in [2.45, 2.75) is 12.5 Å². The molecule has 5 heteroatoms. The Morgan fingerprint density at radius 3 is 2.80 bits per heavy atom. The van der Waals surface area contributed by atoms with E-state index >= 15 is 0 Å². The van der Waals surface area contributed by atoms with E-state index in [2.05, 4.69) is 21.4 Å². The number of ether oxygens (including phenoxy) is 1. The number of hydrogen-bond donors (Lipinski definition) is 2. The molecule has 0 aliphatic carbocycles. The highest BCUT2D eigenvalue weighted by atomic mass is 79.9. The van der Waals surface area contributed by atoms with Crippen molar-refractivity contribution in [3.8, 4) is 5.75 Å². The largest absolute Gasteiger partial charge is 0.493 e. The zero-order valence-corrected chi connectivity index (χ0v) is 12.3. The van der Waals surface area contributed by atoms with Gasteiger partial charge in [-0.05, 0) is 17.7 Å². The molecule has 0 saturated heterocycles. The second kappa shape index (κ2) is 5.52. The van der Waals surface area contributed by atoms with Gasteiger partial charge in [-0.15, -0.1) is 0 Å². The van der Waals surface area contributed by atoms with Crippen LogP contribution in [0.2, 0.25) is 0 Å². The third kappa shape index (κ3) is 2.22. The summed E-state index contributed by atoms with van der Waals surface area (Å²) in [6.45, 7) is 0.655. The topological polar surface area (TPSA) is 47.3 Å². The van der Waals surface area contributed by atoms with E-state index < -0.39 is 6.04 Å². The van der Waals surface area contributed by atoms with Gasteiger partial charge in [0.2, 0.25) is 0 Å². The number of hydrazine groups is 1. The summed E-state index contributed by atoms with van der Waals surface area (Å²) >= 11 is 3.39. The number of nitrogens with two attached hydrogens (primary N) is 1. The molecule has 1 aliphatic rings. The van der Waals surface area contributed by atoms with Crippen molar-refractivity contribution < 1.29 is 9.13 Å². The summed E-state index contributed by atoms with van der Waals surface area (Å²) in [4.78, 5) is 0. The first-order chi connectivity index (χ1) is 9.72. The Bertz CT molecular complexity index is 628. The fourth-order valence-corrected chi connectivity index (χ4v) is 3.15. The van der Waals surface area contributed by atoms with Crippen molar-refractivity contribution in [1.82, 2.24) is 5.43 Å². The molecule has 0 bridgehead atoms. The van der Waals surface area contributed by atoms with Crippen LogP contribution in [0.4, 0.5) is 4.39 Å². The van der Waals surface area contributed by atoms with Crippen molar-refractivity contribution in [3.63, 3.8) is 0 Å². The van der Waals surface area contributed by atoms with Crippen LogP contribution < -0.4 is 16.0 Å². The molecular formula is C15H14BrFN2O. The van der Waals surface area contributed by atoms with Crippen molar-refractivity contribution in [2.75, 3.05) is 6.61 Å². The lowest BCUT2D eigenvalue weighted by Crippen LogP contribution is -2.30.